The summed E-state index contributed by atoms with van der Waals surface area (Å²) in [5.41, 5.74) is -1.30. The lowest BCUT2D eigenvalue weighted by molar-refractivity contribution is -0.138. The molecule has 1 N–H and O–H groups in total. The van der Waals surface area contributed by atoms with Crippen molar-refractivity contribution in [3.05, 3.63) is 58.1 Å². The van der Waals surface area contributed by atoms with Crippen LogP contribution in [0.3, 0.4) is 0 Å². The maximum absolute atomic E-state index is 13.9. The van der Waals surface area contributed by atoms with Gasteiger partial charge in [0.1, 0.15) is 5.54 Å². The summed E-state index contributed by atoms with van der Waals surface area (Å²) in [5.74, 6) is -4.00. The molecule has 2 aromatic rings. The maximum Gasteiger partial charge on any atom is 0.418 e. The van der Waals surface area contributed by atoms with Gasteiger partial charge >= 0.3 is 6.18 Å². The fourth-order valence-corrected chi connectivity index (χ4v) is 6.85. The first-order valence-electron chi connectivity index (χ1n) is 11.0. The normalized spacial score (nSPS) is 30.2. The third-order valence-electron chi connectivity index (χ3n) is 7.71. The van der Waals surface area contributed by atoms with Crippen LogP contribution in [0.1, 0.15) is 29.5 Å². The van der Waals surface area contributed by atoms with Gasteiger partial charge in [0.25, 0.3) is 0 Å². The number of para-hydroxylation sites is 1. The summed E-state index contributed by atoms with van der Waals surface area (Å²) < 4.78 is 41.3. The van der Waals surface area contributed by atoms with Gasteiger partial charge < -0.3 is 5.32 Å². The van der Waals surface area contributed by atoms with E-state index in [0.29, 0.717) is 46.1 Å². The molecule has 4 heterocycles. The Morgan fingerprint density at radius 2 is 1.85 bits per heavy atom. The van der Waals surface area contributed by atoms with Gasteiger partial charge in [-0.3, -0.25) is 19.3 Å². The van der Waals surface area contributed by atoms with Gasteiger partial charge in [-0.25, -0.2) is 4.90 Å². The summed E-state index contributed by atoms with van der Waals surface area (Å²) >= 11 is 6.34. The minimum atomic E-state index is -4.76. The van der Waals surface area contributed by atoms with E-state index >= 15 is 0 Å². The second-order valence-corrected chi connectivity index (χ2v) is 9.74. The van der Waals surface area contributed by atoms with Crippen molar-refractivity contribution in [3.8, 4) is 0 Å². The van der Waals surface area contributed by atoms with Crippen LogP contribution in [0, 0.1) is 18.8 Å². The second-order valence-electron chi connectivity index (χ2n) is 9.30. The quantitative estimate of drug-likeness (QED) is 0.612. The van der Waals surface area contributed by atoms with Gasteiger partial charge in [-0.05, 0) is 56.1 Å². The molecule has 176 valence electrons. The average Bonchev–Trinajstić information content (AvgIpc) is 3.46. The molecule has 1 spiro atoms. The van der Waals surface area contributed by atoms with Crippen molar-refractivity contribution in [2.45, 2.75) is 37.5 Å². The van der Waals surface area contributed by atoms with Crippen molar-refractivity contribution in [3.63, 3.8) is 0 Å². The minimum absolute atomic E-state index is 0.377. The molecule has 10 heteroatoms. The lowest BCUT2D eigenvalue weighted by Gasteiger charge is -2.37. The number of alkyl halides is 3. The van der Waals surface area contributed by atoms with Gasteiger partial charge in [0.2, 0.25) is 17.7 Å². The largest absolute Gasteiger partial charge is 0.418 e. The Labute approximate surface area is 197 Å². The fraction of sp³-hybridized carbons (Fsp3) is 0.375. The highest BCUT2D eigenvalue weighted by Gasteiger charge is 2.75. The molecule has 6 nitrogen and oxygen atoms in total. The highest BCUT2D eigenvalue weighted by molar-refractivity contribution is 6.31. The number of carbonyl (C=O) groups excluding carboxylic acids is 3. The van der Waals surface area contributed by atoms with Gasteiger partial charge in [0.05, 0.1) is 23.1 Å². The molecule has 3 saturated heterocycles. The number of aryl methyl sites for hydroxylation is 1. The van der Waals surface area contributed by atoms with Gasteiger partial charge in [0, 0.05) is 22.3 Å². The molecule has 4 aliphatic rings. The Balaban J connectivity index is 1.58. The zero-order chi connectivity index (χ0) is 24.2. The molecule has 4 atom stereocenters. The maximum atomic E-state index is 13.9. The topological polar surface area (TPSA) is 69.7 Å². The SMILES string of the molecule is Cc1cc(Cl)cc2c1NC(=O)[C@@]21[C@@H]2C(=O)N(c3ccccc3C(F)(F)F)C(=O)[C@@H]2[C@H]2CCCN21. The monoisotopic (exact) mass is 489 g/mol. The van der Waals surface area contributed by atoms with E-state index in [1.807, 2.05) is 4.90 Å². The number of rotatable bonds is 1. The average molecular weight is 490 g/mol. The number of nitrogens with zero attached hydrogens (tertiary/aromatic N) is 2. The van der Waals surface area contributed by atoms with Crippen LogP contribution in [-0.4, -0.2) is 35.2 Å². The zero-order valence-corrected chi connectivity index (χ0v) is 18.7. The highest BCUT2D eigenvalue weighted by atomic mass is 35.5. The van der Waals surface area contributed by atoms with Crippen molar-refractivity contribution in [1.82, 2.24) is 4.90 Å². The van der Waals surface area contributed by atoms with Crippen LogP contribution < -0.4 is 10.2 Å². The number of amides is 3. The van der Waals surface area contributed by atoms with Crippen LogP contribution >= 0.6 is 11.6 Å². The van der Waals surface area contributed by atoms with E-state index in [2.05, 4.69) is 5.32 Å². The number of fused-ring (bicyclic) bond motifs is 7. The smallest absolute Gasteiger partial charge is 0.324 e. The number of halogens is 4. The molecule has 0 radical (unpaired) electrons. The molecule has 3 fully saturated rings. The summed E-state index contributed by atoms with van der Waals surface area (Å²) in [7, 11) is 0. The summed E-state index contributed by atoms with van der Waals surface area (Å²) in [5, 5.41) is 3.25. The number of nitrogens with one attached hydrogen (secondary N) is 1. The molecule has 0 aliphatic carbocycles. The third kappa shape index (κ3) is 2.49. The van der Waals surface area contributed by atoms with Crippen molar-refractivity contribution >= 4 is 40.7 Å². The van der Waals surface area contributed by atoms with Crippen LogP contribution in [0.2, 0.25) is 5.02 Å². The fourth-order valence-electron chi connectivity index (χ4n) is 6.58. The van der Waals surface area contributed by atoms with E-state index in [0.717, 1.165) is 12.1 Å². The molecule has 0 bridgehead atoms. The van der Waals surface area contributed by atoms with Crippen molar-refractivity contribution in [2.75, 3.05) is 16.8 Å². The van der Waals surface area contributed by atoms with Crippen molar-refractivity contribution < 1.29 is 27.6 Å². The van der Waals surface area contributed by atoms with Crippen molar-refractivity contribution in [2.24, 2.45) is 11.8 Å². The molecular weight excluding hydrogens is 471 g/mol. The summed E-state index contributed by atoms with van der Waals surface area (Å²) in [6.45, 7) is 2.28. The van der Waals surface area contributed by atoms with E-state index in [1.54, 1.807) is 19.1 Å². The first kappa shape index (κ1) is 21.6. The summed E-state index contributed by atoms with van der Waals surface area (Å²) in [6, 6.07) is 7.44. The van der Waals surface area contributed by atoms with Crippen LogP contribution in [0.4, 0.5) is 24.5 Å². The molecule has 0 saturated carbocycles. The Bertz CT molecular complexity index is 1300. The lowest BCUT2D eigenvalue weighted by atomic mass is 9.75. The van der Waals surface area contributed by atoms with Crippen LogP contribution in [-0.2, 0) is 26.1 Å². The number of hydrogen-bond acceptors (Lipinski definition) is 4. The number of benzene rings is 2. The Kier molecular flexibility index (Phi) is 4.34. The van der Waals surface area contributed by atoms with Gasteiger partial charge in [-0.1, -0.05) is 23.7 Å². The lowest BCUT2D eigenvalue weighted by Crippen LogP contribution is -2.54. The standard InChI is InChI=1S/C24H19ClF3N3O3/c1-11-9-12(25)10-14-19(11)29-22(34)23(14)18-17(16-7-4-8-30(16)23)20(32)31(21(18)33)15-6-3-2-5-13(15)24(26,27)28/h2-3,5-6,9-10,16-18H,4,7-8H2,1H3,(H,29,34)/t16-,17-,18+,23+/m1/s1. The minimum Gasteiger partial charge on any atom is -0.324 e. The number of anilines is 2. The molecule has 0 unspecified atom stereocenters. The first-order chi connectivity index (χ1) is 16.1. The van der Waals surface area contributed by atoms with Gasteiger partial charge in [-0.15, -0.1) is 0 Å². The molecule has 3 amide bonds. The summed E-state index contributed by atoms with van der Waals surface area (Å²) in [4.78, 5) is 43.8. The van der Waals surface area contributed by atoms with E-state index in [1.165, 1.54) is 12.1 Å². The Morgan fingerprint density at radius 1 is 1.12 bits per heavy atom. The Morgan fingerprint density at radius 3 is 2.59 bits per heavy atom. The molecule has 6 rings (SSSR count). The molecule has 0 aromatic heterocycles. The van der Waals surface area contributed by atoms with E-state index in [4.69, 9.17) is 11.6 Å². The summed E-state index contributed by atoms with van der Waals surface area (Å²) in [6.07, 6.45) is -3.48. The van der Waals surface area contributed by atoms with Gasteiger partial charge in [-0.2, -0.15) is 13.2 Å². The van der Waals surface area contributed by atoms with E-state index < -0.39 is 58.6 Å². The van der Waals surface area contributed by atoms with E-state index in [9.17, 15) is 27.6 Å². The molecule has 2 aromatic carbocycles. The number of imide groups is 1. The highest BCUT2D eigenvalue weighted by Crippen LogP contribution is 2.61. The zero-order valence-electron chi connectivity index (χ0n) is 17.9. The van der Waals surface area contributed by atoms with Crippen LogP contribution in [0.5, 0.6) is 0 Å². The third-order valence-corrected chi connectivity index (χ3v) is 7.93. The number of carbonyl (C=O) groups is 3. The predicted octanol–water partition coefficient (Wildman–Crippen LogP) is 4.10. The molecule has 4 aliphatic heterocycles. The van der Waals surface area contributed by atoms with E-state index in [-0.39, 0.29) is 0 Å². The van der Waals surface area contributed by atoms with Crippen LogP contribution in [0.25, 0.3) is 0 Å². The Hall–Kier alpha value is -2.91. The predicted molar refractivity (Wildman–Crippen MR) is 117 cm³/mol. The molecule has 34 heavy (non-hydrogen) atoms. The first-order valence-corrected chi connectivity index (χ1v) is 11.4. The van der Waals surface area contributed by atoms with Crippen molar-refractivity contribution in [1.29, 1.82) is 0 Å². The molecular formula is C24H19ClF3N3O3. The van der Waals surface area contributed by atoms with Gasteiger partial charge in [0.15, 0.2) is 0 Å². The second kappa shape index (κ2) is 6.82. The number of hydrogen-bond donors (Lipinski definition) is 1. The van der Waals surface area contributed by atoms with Crippen LogP contribution in [0.15, 0.2) is 36.4 Å².